The summed E-state index contributed by atoms with van der Waals surface area (Å²) in [5.41, 5.74) is 5.70. The minimum absolute atomic E-state index is 0.00973. The van der Waals surface area contributed by atoms with Crippen LogP contribution in [0.4, 0.5) is 5.69 Å². The summed E-state index contributed by atoms with van der Waals surface area (Å²) >= 11 is 1.19. The molecule has 2 aromatic rings. The van der Waals surface area contributed by atoms with Crippen molar-refractivity contribution in [2.45, 2.75) is 18.6 Å². The number of amides is 1. The molecule has 0 aliphatic rings. The van der Waals surface area contributed by atoms with E-state index in [0.29, 0.717) is 23.1 Å². The molecular weight excluding hydrogens is 294 g/mol. The Morgan fingerprint density at radius 3 is 2.86 bits per heavy atom. The highest BCUT2D eigenvalue weighted by Crippen LogP contribution is 2.26. The highest BCUT2D eigenvalue weighted by atomic mass is 32.2. The summed E-state index contributed by atoms with van der Waals surface area (Å²) in [5, 5.41) is 19.4. The maximum Gasteiger partial charge on any atom is 0.270 e. The number of thioether (sulfide) groups is 1. The molecule has 0 aliphatic carbocycles. The molecule has 1 amide bonds. The molecule has 1 aromatic carbocycles. The first-order valence-corrected chi connectivity index (χ1v) is 7.10. The minimum Gasteiger partial charge on any atom is -0.369 e. The fourth-order valence-electron chi connectivity index (χ4n) is 1.79. The van der Waals surface area contributed by atoms with E-state index in [1.165, 1.54) is 23.9 Å². The third-order valence-corrected chi connectivity index (χ3v) is 3.68. The first-order valence-electron chi connectivity index (χ1n) is 6.12. The molecule has 0 unspecified atom stereocenters. The van der Waals surface area contributed by atoms with E-state index in [4.69, 9.17) is 5.73 Å². The number of carbonyl (C=O) groups excluding carboxylic acids is 1. The Bertz CT molecular complexity index is 685. The number of nitro benzene ring substituents is 1. The zero-order valence-electron chi connectivity index (χ0n) is 11.2. The van der Waals surface area contributed by atoms with Crippen molar-refractivity contribution >= 4 is 23.4 Å². The maximum absolute atomic E-state index is 10.8. The Labute approximate surface area is 124 Å². The number of nitrogens with two attached hydrogens (primary N) is 1. The van der Waals surface area contributed by atoms with Gasteiger partial charge in [0.1, 0.15) is 0 Å². The second-order valence-corrected chi connectivity index (χ2v) is 5.06. The maximum atomic E-state index is 10.8. The van der Waals surface area contributed by atoms with Gasteiger partial charge >= 0.3 is 0 Å². The summed E-state index contributed by atoms with van der Waals surface area (Å²) in [6.07, 6.45) is 0. The van der Waals surface area contributed by atoms with E-state index in [2.05, 4.69) is 10.2 Å². The molecule has 1 heterocycles. The zero-order chi connectivity index (χ0) is 15.4. The molecule has 110 valence electrons. The fourth-order valence-corrected chi connectivity index (χ4v) is 2.53. The molecule has 0 radical (unpaired) electrons. The summed E-state index contributed by atoms with van der Waals surface area (Å²) in [4.78, 5) is 21.2. The van der Waals surface area contributed by atoms with E-state index in [-0.39, 0.29) is 11.4 Å². The Balaban J connectivity index is 2.38. The van der Waals surface area contributed by atoms with Gasteiger partial charge in [0.15, 0.2) is 11.0 Å². The van der Waals surface area contributed by atoms with Crippen LogP contribution in [0, 0.1) is 10.1 Å². The Morgan fingerprint density at radius 1 is 1.48 bits per heavy atom. The van der Waals surface area contributed by atoms with Gasteiger partial charge < -0.3 is 10.3 Å². The second kappa shape index (κ2) is 6.35. The molecule has 0 saturated heterocycles. The standard InChI is InChI=1S/C12H13N5O3S/c1-2-16-11(14-15-12(16)21-7-10(13)18)8-4-3-5-9(6-8)17(19)20/h3-6H,2,7H2,1H3,(H2,13,18). The Morgan fingerprint density at radius 2 is 2.24 bits per heavy atom. The first-order chi connectivity index (χ1) is 10.0. The molecule has 8 nitrogen and oxygen atoms in total. The van der Waals surface area contributed by atoms with Crippen molar-refractivity contribution in [2.24, 2.45) is 5.73 Å². The Kier molecular flexibility index (Phi) is 4.53. The molecule has 2 N–H and O–H groups in total. The van der Waals surface area contributed by atoms with Crippen molar-refractivity contribution in [1.29, 1.82) is 0 Å². The lowest BCUT2D eigenvalue weighted by Crippen LogP contribution is -2.13. The molecule has 2 rings (SSSR count). The van der Waals surface area contributed by atoms with E-state index in [9.17, 15) is 14.9 Å². The number of nitro groups is 1. The topological polar surface area (TPSA) is 117 Å². The molecule has 0 saturated carbocycles. The van der Waals surface area contributed by atoms with Gasteiger partial charge in [-0.05, 0) is 6.92 Å². The van der Waals surface area contributed by atoms with Crippen LogP contribution in [0.2, 0.25) is 0 Å². The van der Waals surface area contributed by atoms with Crippen LogP contribution in [0.5, 0.6) is 0 Å². The molecule has 0 fully saturated rings. The highest BCUT2D eigenvalue weighted by Gasteiger charge is 2.16. The third kappa shape index (κ3) is 3.37. The number of nitrogens with zero attached hydrogens (tertiary/aromatic N) is 4. The van der Waals surface area contributed by atoms with Crippen molar-refractivity contribution in [3.8, 4) is 11.4 Å². The normalized spacial score (nSPS) is 10.5. The largest absolute Gasteiger partial charge is 0.369 e. The summed E-state index contributed by atoms with van der Waals surface area (Å²) in [6.45, 7) is 2.48. The van der Waals surface area contributed by atoms with E-state index in [1.54, 1.807) is 16.7 Å². The smallest absolute Gasteiger partial charge is 0.270 e. The highest BCUT2D eigenvalue weighted by molar-refractivity contribution is 7.99. The molecule has 0 atom stereocenters. The molecule has 0 bridgehead atoms. The number of non-ortho nitro benzene ring substituents is 1. The molecule has 21 heavy (non-hydrogen) atoms. The van der Waals surface area contributed by atoms with Crippen LogP contribution in [0.3, 0.4) is 0 Å². The molecular formula is C12H13N5O3S. The average molecular weight is 307 g/mol. The summed E-state index contributed by atoms with van der Waals surface area (Å²) < 4.78 is 1.78. The van der Waals surface area contributed by atoms with E-state index >= 15 is 0 Å². The van der Waals surface area contributed by atoms with E-state index < -0.39 is 10.8 Å². The number of hydrogen-bond donors (Lipinski definition) is 1. The van der Waals surface area contributed by atoms with Crippen LogP contribution in [0.15, 0.2) is 29.4 Å². The van der Waals surface area contributed by atoms with Gasteiger partial charge in [-0.3, -0.25) is 14.9 Å². The lowest BCUT2D eigenvalue weighted by atomic mass is 10.2. The molecule has 0 spiro atoms. The zero-order valence-corrected chi connectivity index (χ0v) is 12.0. The van der Waals surface area contributed by atoms with Gasteiger partial charge in [-0.25, -0.2) is 0 Å². The SMILES string of the molecule is CCn1c(SCC(N)=O)nnc1-c1cccc([N+](=O)[O-])c1. The van der Waals surface area contributed by atoms with Gasteiger partial charge in [-0.2, -0.15) is 0 Å². The van der Waals surface area contributed by atoms with Gasteiger partial charge in [0.25, 0.3) is 5.69 Å². The summed E-state index contributed by atoms with van der Waals surface area (Å²) in [5.74, 6) is 0.184. The molecule has 9 heteroatoms. The lowest BCUT2D eigenvalue weighted by Gasteiger charge is -2.06. The minimum atomic E-state index is -0.459. The van der Waals surface area contributed by atoms with Crippen molar-refractivity contribution in [2.75, 3.05) is 5.75 Å². The van der Waals surface area contributed by atoms with Gasteiger partial charge in [0, 0.05) is 24.2 Å². The predicted octanol–water partition coefficient (Wildman–Crippen LogP) is 1.45. The number of rotatable bonds is 6. The van der Waals surface area contributed by atoms with Gasteiger partial charge in [-0.1, -0.05) is 23.9 Å². The van der Waals surface area contributed by atoms with Crippen LogP contribution in [-0.4, -0.2) is 31.3 Å². The van der Waals surface area contributed by atoms with Crippen LogP contribution >= 0.6 is 11.8 Å². The lowest BCUT2D eigenvalue weighted by molar-refractivity contribution is -0.384. The number of hydrogen-bond acceptors (Lipinski definition) is 6. The van der Waals surface area contributed by atoms with Gasteiger partial charge in [0.05, 0.1) is 10.7 Å². The molecule has 1 aromatic heterocycles. The molecule has 0 aliphatic heterocycles. The summed E-state index contributed by atoms with van der Waals surface area (Å²) in [7, 11) is 0. The number of aromatic nitrogens is 3. The number of primary amides is 1. The third-order valence-electron chi connectivity index (χ3n) is 2.69. The Hall–Kier alpha value is -2.42. The van der Waals surface area contributed by atoms with Crippen molar-refractivity contribution in [3.05, 3.63) is 34.4 Å². The fraction of sp³-hybridized carbons (Fsp3) is 0.250. The van der Waals surface area contributed by atoms with Crippen LogP contribution < -0.4 is 5.73 Å². The van der Waals surface area contributed by atoms with E-state index in [1.807, 2.05) is 6.92 Å². The second-order valence-electron chi connectivity index (χ2n) is 4.11. The van der Waals surface area contributed by atoms with Gasteiger partial charge in [-0.15, -0.1) is 10.2 Å². The quantitative estimate of drug-likeness (QED) is 0.490. The van der Waals surface area contributed by atoms with Crippen LogP contribution in [0.1, 0.15) is 6.92 Å². The van der Waals surface area contributed by atoms with Gasteiger partial charge in [0.2, 0.25) is 5.91 Å². The van der Waals surface area contributed by atoms with Crippen molar-refractivity contribution in [3.63, 3.8) is 0 Å². The van der Waals surface area contributed by atoms with Crippen LogP contribution in [-0.2, 0) is 11.3 Å². The first kappa shape index (κ1) is 15.0. The number of benzene rings is 1. The van der Waals surface area contributed by atoms with Crippen molar-refractivity contribution < 1.29 is 9.72 Å². The average Bonchev–Trinajstić information content (AvgIpc) is 2.88. The van der Waals surface area contributed by atoms with Crippen molar-refractivity contribution in [1.82, 2.24) is 14.8 Å². The van der Waals surface area contributed by atoms with Crippen LogP contribution in [0.25, 0.3) is 11.4 Å². The summed E-state index contributed by atoms with van der Waals surface area (Å²) in [6, 6.07) is 6.18. The predicted molar refractivity (Wildman–Crippen MR) is 77.7 cm³/mol. The number of carbonyl (C=O) groups is 1. The van der Waals surface area contributed by atoms with E-state index in [0.717, 1.165) is 0 Å². The monoisotopic (exact) mass is 307 g/mol.